The molecule has 2 amide bonds. The molecule has 2 aromatic carbocycles. The third-order valence-corrected chi connectivity index (χ3v) is 7.56. The number of aromatic nitrogens is 2. The van der Waals surface area contributed by atoms with Crippen LogP contribution >= 0.6 is 0 Å². The number of aromatic amines is 1. The largest absolute Gasteiger partial charge is 0.416 e. The maximum atomic E-state index is 13.9. The first-order valence-electron chi connectivity index (χ1n) is 13.3. The fourth-order valence-electron chi connectivity index (χ4n) is 5.40. The first-order valence-corrected chi connectivity index (χ1v) is 13.3. The number of halogens is 7. The van der Waals surface area contributed by atoms with Crippen molar-refractivity contribution < 1.29 is 40.3 Å². The summed E-state index contributed by atoms with van der Waals surface area (Å²) in [6.07, 6.45) is -8.89. The molecule has 1 aliphatic heterocycles. The number of nitrogens with zero attached hydrogens (tertiary/aromatic N) is 3. The monoisotopic (exact) mass is 628 g/mol. The van der Waals surface area contributed by atoms with Crippen LogP contribution in [-0.4, -0.2) is 51.3 Å². The van der Waals surface area contributed by atoms with Crippen LogP contribution in [-0.2, 0) is 35.0 Å². The minimum absolute atomic E-state index is 0.00652. The van der Waals surface area contributed by atoms with E-state index in [-0.39, 0.29) is 31.1 Å². The molecule has 15 heteroatoms. The summed E-state index contributed by atoms with van der Waals surface area (Å²) in [6, 6.07) is 6.06. The number of aryl methyl sites for hydroxylation is 1. The van der Waals surface area contributed by atoms with Crippen molar-refractivity contribution in [2.24, 2.45) is 5.92 Å². The van der Waals surface area contributed by atoms with Gasteiger partial charge in [0.25, 0.3) is 5.56 Å². The molecular weight excluding hydrogens is 601 g/mol. The van der Waals surface area contributed by atoms with E-state index < -0.39 is 77.3 Å². The normalized spacial score (nSPS) is 17.4. The smallest absolute Gasteiger partial charge is 0.341 e. The molecule has 0 bridgehead atoms. The highest BCUT2D eigenvalue weighted by Crippen LogP contribution is 2.38. The second-order valence-corrected chi connectivity index (χ2v) is 10.7. The van der Waals surface area contributed by atoms with Gasteiger partial charge in [-0.25, -0.2) is 9.18 Å². The van der Waals surface area contributed by atoms with E-state index in [1.54, 1.807) is 6.92 Å². The molecule has 236 valence electrons. The minimum Gasteiger partial charge on any atom is -0.341 e. The van der Waals surface area contributed by atoms with E-state index in [0.717, 1.165) is 21.7 Å². The summed E-state index contributed by atoms with van der Waals surface area (Å²) in [5.41, 5.74) is -3.84. The number of benzene rings is 2. The van der Waals surface area contributed by atoms with E-state index in [9.17, 15) is 49.9 Å². The highest BCUT2D eigenvalue weighted by atomic mass is 19.4. The lowest BCUT2D eigenvalue weighted by molar-refractivity contribution is -0.143. The number of nitrogens with one attached hydrogen (secondary N) is 1. The number of amides is 2. The van der Waals surface area contributed by atoms with Crippen molar-refractivity contribution in [3.8, 4) is 0 Å². The van der Waals surface area contributed by atoms with Crippen LogP contribution in [0.2, 0.25) is 0 Å². The molecule has 8 nitrogen and oxygen atoms in total. The number of alkyl halides is 6. The predicted molar refractivity (Wildman–Crippen MR) is 143 cm³/mol. The van der Waals surface area contributed by atoms with Gasteiger partial charge in [0, 0.05) is 50.8 Å². The maximum absolute atomic E-state index is 13.9. The van der Waals surface area contributed by atoms with Gasteiger partial charge in [-0.2, -0.15) is 26.3 Å². The standard InChI is InChI=1S/C29H27F7N4O4/c1-16-9-20(30)3-4-21(16)23-14-39(25(42)15-40-8-6-24(41)37-27(40)44)7-5-22(23)26(43)38(2)13-17-10-18(28(31,32)33)12-19(11-17)29(34,35)36/h3-4,6,8-12,22-23H,5,7,13-15H2,1-2H3,(H,37,41,44)/t22-,23+/m1/s1. The summed E-state index contributed by atoms with van der Waals surface area (Å²) < 4.78 is 95.1. The van der Waals surface area contributed by atoms with Crippen LogP contribution in [0.3, 0.4) is 0 Å². The Bertz CT molecular complexity index is 1650. The van der Waals surface area contributed by atoms with Crippen LogP contribution < -0.4 is 11.2 Å². The lowest BCUT2D eigenvalue weighted by Gasteiger charge is -2.40. The Hall–Kier alpha value is -4.43. The second kappa shape index (κ2) is 12.3. The molecule has 44 heavy (non-hydrogen) atoms. The van der Waals surface area contributed by atoms with E-state index in [4.69, 9.17) is 0 Å². The number of carbonyl (C=O) groups is 2. The van der Waals surface area contributed by atoms with Crippen LogP contribution in [0.1, 0.15) is 40.2 Å². The molecule has 0 unspecified atom stereocenters. The van der Waals surface area contributed by atoms with Gasteiger partial charge in [0.1, 0.15) is 12.4 Å². The Morgan fingerprint density at radius 1 is 0.977 bits per heavy atom. The SMILES string of the molecule is Cc1cc(F)ccc1[C@@H]1CN(C(=O)Cn2ccc(=O)[nH]c2=O)CC[C@H]1C(=O)N(C)Cc1cc(C(F)(F)F)cc(C(F)(F)F)c1. The Labute approximate surface area is 245 Å². The van der Waals surface area contributed by atoms with Crippen molar-refractivity contribution in [3.63, 3.8) is 0 Å². The summed E-state index contributed by atoms with van der Waals surface area (Å²) >= 11 is 0. The maximum Gasteiger partial charge on any atom is 0.416 e. The molecule has 2 atom stereocenters. The van der Waals surface area contributed by atoms with Gasteiger partial charge >= 0.3 is 18.0 Å². The second-order valence-electron chi connectivity index (χ2n) is 10.7. The quantitative estimate of drug-likeness (QED) is 0.412. The zero-order valence-corrected chi connectivity index (χ0v) is 23.4. The molecule has 1 aliphatic rings. The van der Waals surface area contributed by atoms with Gasteiger partial charge in [0.2, 0.25) is 11.8 Å². The summed E-state index contributed by atoms with van der Waals surface area (Å²) in [5, 5.41) is 0. The predicted octanol–water partition coefficient (Wildman–Crippen LogP) is 4.31. The van der Waals surface area contributed by atoms with Crippen molar-refractivity contribution in [1.82, 2.24) is 19.4 Å². The number of likely N-dealkylation sites (tertiary alicyclic amines) is 1. The Morgan fingerprint density at radius 3 is 2.18 bits per heavy atom. The van der Waals surface area contributed by atoms with Crippen molar-refractivity contribution in [3.05, 3.63) is 103 Å². The molecule has 0 radical (unpaired) electrons. The fraction of sp³-hybridized carbons (Fsp3) is 0.379. The number of rotatable bonds is 6. The molecule has 1 fully saturated rings. The van der Waals surface area contributed by atoms with Crippen molar-refractivity contribution in [2.75, 3.05) is 20.1 Å². The lowest BCUT2D eigenvalue weighted by Crippen LogP contribution is -2.49. The van der Waals surface area contributed by atoms with Gasteiger partial charge < -0.3 is 9.80 Å². The highest BCUT2D eigenvalue weighted by molar-refractivity contribution is 5.81. The molecule has 0 saturated carbocycles. The van der Waals surface area contributed by atoms with E-state index >= 15 is 0 Å². The average molecular weight is 629 g/mol. The first-order chi connectivity index (χ1) is 20.4. The van der Waals surface area contributed by atoms with Crippen molar-refractivity contribution in [1.29, 1.82) is 0 Å². The summed E-state index contributed by atoms with van der Waals surface area (Å²) in [5.74, 6) is -3.22. The molecule has 4 rings (SSSR count). The van der Waals surface area contributed by atoms with Crippen LogP contribution in [0.5, 0.6) is 0 Å². The van der Waals surface area contributed by atoms with E-state index in [0.29, 0.717) is 23.3 Å². The van der Waals surface area contributed by atoms with Gasteiger partial charge in [-0.3, -0.25) is 23.9 Å². The fourth-order valence-corrected chi connectivity index (χ4v) is 5.40. The molecule has 3 aromatic rings. The topological polar surface area (TPSA) is 95.5 Å². The first kappa shape index (κ1) is 32.5. The van der Waals surface area contributed by atoms with Crippen LogP contribution in [0.25, 0.3) is 0 Å². The molecule has 2 heterocycles. The molecule has 1 N–H and O–H groups in total. The molecule has 0 spiro atoms. The summed E-state index contributed by atoms with van der Waals surface area (Å²) in [7, 11) is 1.25. The van der Waals surface area contributed by atoms with Gasteiger partial charge in [-0.05, 0) is 60.4 Å². The van der Waals surface area contributed by atoms with Crippen LogP contribution in [0, 0.1) is 18.7 Å². The van der Waals surface area contributed by atoms with Crippen molar-refractivity contribution in [2.45, 2.75) is 44.7 Å². The number of hydrogen-bond acceptors (Lipinski definition) is 4. The average Bonchev–Trinajstić information content (AvgIpc) is 2.92. The number of hydrogen-bond donors (Lipinski definition) is 1. The Kier molecular flexibility index (Phi) is 9.07. The molecule has 1 saturated heterocycles. The third kappa shape index (κ3) is 7.37. The molecule has 0 aliphatic carbocycles. The van der Waals surface area contributed by atoms with Crippen LogP contribution in [0.4, 0.5) is 30.7 Å². The Morgan fingerprint density at radius 2 is 1.61 bits per heavy atom. The van der Waals surface area contributed by atoms with E-state index in [1.165, 1.54) is 30.1 Å². The van der Waals surface area contributed by atoms with Gasteiger partial charge in [0.15, 0.2) is 0 Å². The van der Waals surface area contributed by atoms with Gasteiger partial charge in [-0.1, -0.05) is 6.07 Å². The lowest BCUT2D eigenvalue weighted by atomic mass is 9.78. The van der Waals surface area contributed by atoms with Gasteiger partial charge in [0.05, 0.1) is 11.1 Å². The number of carbonyl (C=O) groups excluding carboxylic acids is 2. The van der Waals surface area contributed by atoms with Crippen LogP contribution in [0.15, 0.2) is 58.3 Å². The van der Waals surface area contributed by atoms with Gasteiger partial charge in [-0.15, -0.1) is 0 Å². The molecular formula is C29H27F7N4O4. The highest BCUT2D eigenvalue weighted by Gasteiger charge is 2.40. The summed E-state index contributed by atoms with van der Waals surface area (Å²) in [6.45, 7) is 0.621. The number of piperidine rings is 1. The third-order valence-electron chi connectivity index (χ3n) is 7.56. The number of H-pyrrole nitrogens is 1. The van der Waals surface area contributed by atoms with E-state index in [2.05, 4.69) is 0 Å². The van der Waals surface area contributed by atoms with Crippen molar-refractivity contribution >= 4 is 11.8 Å². The zero-order chi connectivity index (χ0) is 32.6. The Balaban J connectivity index is 1.61. The zero-order valence-electron chi connectivity index (χ0n) is 23.4. The van der Waals surface area contributed by atoms with E-state index in [1.807, 2.05) is 4.98 Å². The minimum atomic E-state index is -5.05. The molecule has 1 aromatic heterocycles. The summed E-state index contributed by atoms with van der Waals surface area (Å²) in [4.78, 5) is 54.7.